The summed E-state index contributed by atoms with van der Waals surface area (Å²) in [6.07, 6.45) is 0.736. The third-order valence-corrected chi connectivity index (χ3v) is 7.91. The number of ether oxygens (including phenoxy) is 1. The van der Waals surface area contributed by atoms with Gasteiger partial charge in [0.25, 0.3) is 0 Å². The molecule has 1 aliphatic rings. The molecule has 0 aliphatic carbocycles. The average molecular weight is 448 g/mol. The van der Waals surface area contributed by atoms with Crippen LogP contribution in [0.3, 0.4) is 0 Å². The molecule has 158 valence electrons. The summed E-state index contributed by atoms with van der Waals surface area (Å²) in [5.74, 6) is 0.374. The Morgan fingerprint density at radius 2 is 1.70 bits per heavy atom. The molecule has 6 nitrogen and oxygen atoms in total. The first-order valence-electron chi connectivity index (χ1n) is 9.54. The van der Waals surface area contributed by atoms with Gasteiger partial charge in [-0.15, -0.1) is 11.3 Å². The minimum Gasteiger partial charge on any atom is -0.497 e. The van der Waals surface area contributed by atoms with Crippen LogP contribution in [0.5, 0.6) is 5.75 Å². The highest BCUT2D eigenvalue weighted by Crippen LogP contribution is 2.25. The number of sulfonamides is 1. The van der Waals surface area contributed by atoms with Gasteiger partial charge in [0.05, 0.1) is 17.7 Å². The van der Waals surface area contributed by atoms with Crippen LogP contribution in [-0.2, 0) is 16.4 Å². The second-order valence-electron chi connectivity index (χ2n) is 6.99. The van der Waals surface area contributed by atoms with Crippen LogP contribution < -0.4 is 9.64 Å². The molecule has 1 fully saturated rings. The summed E-state index contributed by atoms with van der Waals surface area (Å²) >= 11 is 1.57. The van der Waals surface area contributed by atoms with Gasteiger partial charge in [0, 0.05) is 38.0 Å². The zero-order chi connectivity index (χ0) is 21.1. The molecule has 4 rings (SSSR count). The van der Waals surface area contributed by atoms with Gasteiger partial charge < -0.3 is 9.64 Å². The third kappa shape index (κ3) is 4.48. The Morgan fingerprint density at radius 1 is 1.03 bits per heavy atom. The van der Waals surface area contributed by atoms with E-state index in [9.17, 15) is 12.8 Å². The fourth-order valence-corrected chi connectivity index (χ4v) is 5.65. The van der Waals surface area contributed by atoms with E-state index in [1.54, 1.807) is 18.4 Å². The molecule has 0 radical (unpaired) electrons. The molecule has 1 saturated heterocycles. The summed E-state index contributed by atoms with van der Waals surface area (Å²) in [5, 5.41) is 2.94. The molecule has 0 amide bonds. The number of rotatable bonds is 6. The molecule has 0 unspecified atom stereocenters. The lowest BCUT2D eigenvalue weighted by molar-refractivity contribution is 0.384. The summed E-state index contributed by atoms with van der Waals surface area (Å²) in [6.45, 7) is 1.87. The van der Waals surface area contributed by atoms with Gasteiger partial charge in [-0.3, -0.25) is 0 Å². The van der Waals surface area contributed by atoms with Crippen molar-refractivity contribution >= 4 is 26.5 Å². The fraction of sp³-hybridized carbons (Fsp3) is 0.286. The largest absolute Gasteiger partial charge is 0.497 e. The van der Waals surface area contributed by atoms with Crippen LogP contribution in [0.4, 0.5) is 9.52 Å². The summed E-state index contributed by atoms with van der Waals surface area (Å²) in [4.78, 5) is 6.96. The summed E-state index contributed by atoms with van der Waals surface area (Å²) in [5.41, 5.74) is 2.14. The van der Waals surface area contributed by atoms with Gasteiger partial charge in [-0.1, -0.05) is 12.1 Å². The highest BCUT2D eigenvalue weighted by Gasteiger charge is 2.29. The maximum Gasteiger partial charge on any atom is 0.243 e. The van der Waals surface area contributed by atoms with E-state index in [2.05, 4.69) is 4.90 Å². The summed E-state index contributed by atoms with van der Waals surface area (Å²) in [6, 6.07) is 12.9. The zero-order valence-electron chi connectivity index (χ0n) is 16.5. The maximum atomic E-state index is 13.1. The van der Waals surface area contributed by atoms with E-state index >= 15 is 0 Å². The van der Waals surface area contributed by atoms with Crippen LogP contribution in [-0.4, -0.2) is 51.0 Å². The number of methoxy groups -OCH3 is 1. The topological polar surface area (TPSA) is 62.7 Å². The first-order valence-corrected chi connectivity index (χ1v) is 11.9. The Kier molecular flexibility index (Phi) is 6.03. The molecule has 30 heavy (non-hydrogen) atoms. The first kappa shape index (κ1) is 20.8. The molecule has 0 bridgehead atoms. The van der Waals surface area contributed by atoms with E-state index in [-0.39, 0.29) is 4.90 Å². The molecule has 0 atom stereocenters. The molecule has 2 heterocycles. The van der Waals surface area contributed by atoms with Crippen LogP contribution in [0.1, 0.15) is 11.3 Å². The quantitative estimate of drug-likeness (QED) is 0.580. The number of aromatic nitrogens is 1. The number of halogens is 1. The predicted octanol–water partition coefficient (Wildman–Crippen LogP) is 3.39. The molecule has 1 aliphatic heterocycles. The molecule has 3 aromatic rings. The third-order valence-electron chi connectivity index (χ3n) is 5.04. The minimum absolute atomic E-state index is 0.119. The Labute approximate surface area is 179 Å². The molecular weight excluding hydrogens is 425 g/mol. The fourth-order valence-electron chi connectivity index (χ4n) is 3.35. The number of hydrogen-bond donors (Lipinski definition) is 0. The van der Waals surface area contributed by atoms with E-state index in [0.717, 1.165) is 28.6 Å². The van der Waals surface area contributed by atoms with Crippen LogP contribution >= 0.6 is 11.3 Å². The molecular formula is C21H22FN3O3S2. The Bertz CT molecular complexity index is 1090. The monoisotopic (exact) mass is 447 g/mol. The van der Waals surface area contributed by atoms with Crippen molar-refractivity contribution in [2.24, 2.45) is 0 Å². The number of hydrogen-bond acceptors (Lipinski definition) is 6. The van der Waals surface area contributed by atoms with Crippen molar-refractivity contribution in [2.45, 2.75) is 11.3 Å². The van der Waals surface area contributed by atoms with E-state index in [4.69, 9.17) is 9.72 Å². The number of piperazine rings is 1. The SMILES string of the molecule is COc1ccc(Cc2csc(N3CCN(S(=O)(=O)c4ccc(F)cc4)CC3)n2)cc1. The molecule has 1 aromatic heterocycles. The van der Waals surface area contributed by atoms with Crippen molar-refractivity contribution in [3.63, 3.8) is 0 Å². The maximum absolute atomic E-state index is 13.1. The van der Waals surface area contributed by atoms with Crippen molar-refractivity contribution in [3.05, 3.63) is 71.0 Å². The van der Waals surface area contributed by atoms with Gasteiger partial charge in [-0.25, -0.2) is 17.8 Å². The molecule has 0 saturated carbocycles. The van der Waals surface area contributed by atoms with Gasteiger partial charge in [0.15, 0.2) is 5.13 Å². The minimum atomic E-state index is -3.61. The molecule has 0 spiro atoms. The van der Waals surface area contributed by atoms with Crippen molar-refractivity contribution in [1.29, 1.82) is 0 Å². The van der Waals surface area contributed by atoms with E-state index in [1.165, 1.54) is 28.6 Å². The van der Waals surface area contributed by atoms with Crippen LogP contribution in [0.2, 0.25) is 0 Å². The number of benzene rings is 2. The Balaban J connectivity index is 1.38. The highest BCUT2D eigenvalue weighted by atomic mass is 32.2. The first-order chi connectivity index (χ1) is 14.5. The number of thiazole rings is 1. The Hall–Kier alpha value is -2.49. The molecule has 9 heteroatoms. The van der Waals surface area contributed by atoms with Gasteiger partial charge in [-0.05, 0) is 42.0 Å². The zero-order valence-corrected chi connectivity index (χ0v) is 18.1. The van der Waals surface area contributed by atoms with Crippen molar-refractivity contribution in [2.75, 3.05) is 38.2 Å². The van der Waals surface area contributed by atoms with Crippen LogP contribution in [0.15, 0.2) is 58.8 Å². The molecule has 0 N–H and O–H groups in total. The highest BCUT2D eigenvalue weighted by molar-refractivity contribution is 7.89. The van der Waals surface area contributed by atoms with Crippen molar-refractivity contribution in [1.82, 2.24) is 9.29 Å². The summed E-state index contributed by atoms with van der Waals surface area (Å²) in [7, 11) is -1.97. The smallest absolute Gasteiger partial charge is 0.243 e. The number of anilines is 1. The average Bonchev–Trinajstić information content (AvgIpc) is 3.23. The number of nitrogens with zero attached hydrogens (tertiary/aromatic N) is 3. The molecule has 2 aromatic carbocycles. The lowest BCUT2D eigenvalue weighted by atomic mass is 10.1. The second kappa shape index (κ2) is 8.71. The van der Waals surface area contributed by atoms with Crippen LogP contribution in [0.25, 0.3) is 0 Å². The second-order valence-corrected chi connectivity index (χ2v) is 9.77. The van der Waals surface area contributed by atoms with Gasteiger partial charge in [0.1, 0.15) is 11.6 Å². The lowest BCUT2D eigenvalue weighted by Gasteiger charge is -2.33. The van der Waals surface area contributed by atoms with E-state index < -0.39 is 15.8 Å². The van der Waals surface area contributed by atoms with E-state index in [1.807, 2.05) is 29.6 Å². The normalized spacial score (nSPS) is 15.3. The predicted molar refractivity (Wildman–Crippen MR) is 115 cm³/mol. The standard InChI is InChI=1S/C21H22FN3O3S2/c1-28-19-6-2-16(3-7-19)14-18-15-29-21(23-18)24-10-12-25(13-11-24)30(26,27)20-8-4-17(22)5-9-20/h2-9,15H,10-14H2,1H3. The van der Waals surface area contributed by atoms with Crippen LogP contribution in [0, 0.1) is 5.82 Å². The lowest BCUT2D eigenvalue weighted by Crippen LogP contribution is -2.48. The van der Waals surface area contributed by atoms with Gasteiger partial charge in [0.2, 0.25) is 10.0 Å². The van der Waals surface area contributed by atoms with E-state index in [0.29, 0.717) is 26.2 Å². The summed E-state index contributed by atoms with van der Waals surface area (Å²) < 4.78 is 45.3. The van der Waals surface area contributed by atoms with Gasteiger partial charge in [-0.2, -0.15) is 4.31 Å². The van der Waals surface area contributed by atoms with Crippen molar-refractivity contribution < 1.29 is 17.5 Å². The van der Waals surface area contributed by atoms with Gasteiger partial charge >= 0.3 is 0 Å². The Morgan fingerprint density at radius 3 is 2.33 bits per heavy atom. The van der Waals surface area contributed by atoms with Crippen molar-refractivity contribution in [3.8, 4) is 5.75 Å².